The summed E-state index contributed by atoms with van der Waals surface area (Å²) in [7, 11) is 0. The van der Waals surface area contributed by atoms with Crippen LogP contribution in [0.25, 0.3) is 0 Å². The highest BCUT2D eigenvalue weighted by molar-refractivity contribution is 5.92. The zero-order chi connectivity index (χ0) is 12.3. The number of aromatic nitrogens is 1. The van der Waals surface area contributed by atoms with Gasteiger partial charge in [0.05, 0.1) is 12.1 Å². The lowest BCUT2D eigenvalue weighted by Gasteiger charge is -2.23. The molecule has 0 bridgehead atoms. The Hall–Kier alpha value is -1.85. The summed E-state index contributed by atoms with van der Waals surface area (Å²) in [5, 5.41) is 14.8. The van der Waals surface area contributed by atoms with Gasteiger partial charge in [0, 0.05) is 11.6 Å². The Labute approximate surface area is 92.6 Å². The van der Waals surface area contributed by atoms with E-state index in [9.17, 15) is 9.59 Å². The van der Waals surface area contributed by atoms with Crippen molar-refractivity contribution in [1.29, 1.82) is 0 Å². The third kappa shape index (κ3) is 3.38. The molecule has 0 aliphatic carbocycles. The maximum Gasteiger partial charge on any atom is 0.305 e. The molecule has 16 heavy (non-hydrogen) atoms. The van der Waals surface area contributed by atoms with E-state index in [1.165, 1.54) is 6.07 Å². The van der Waals surface area contributed by atoms with Gasteiger partial charge in [0.2, 0.25) is 5.76 Å². The molecule has 6 nitrogen and oxygen atoms in total. The van der Waals surface area contributed by atoms with Crippen molar-refractivity contribution in [2.45, 2.75) is 32.7 Å². The molecule has 1 rings (SSSR count). The Balaban J connectivity index is 2.67. The minimum atomic E-state index is -0.973. The molecule has 0 saturated heterocycles. The normalized spacial score (nSPS) is 11.2. The fourth-order valence-corrected chi connectivity index (χ4v) is 1.26. The smallest absolute Gasteiger partial charge is 0.305 e. The SMILES string of the molecule is Cc1cc(C(=O)NC(C)(C)CC(=O)O)on1. The lowest BCUT2D eigenvalue weighted by atomic mass is 10.0. The molecule has 1 aromatic heterocycles. The van der Waals surface area contributed by atoms with Crippen molar-refractivity contribution in [3.8, 4) is 0 Å². The van der Waals surface area contributed by atoms with Gasteiger partial charge in [0.25, 0.3) is 5.91 Å². The predicted octanol–water partition coefficient (Wildman–Crippen LogP) is 0.966. The van der Waals surface area contributed by atoms with Crippen LogP contribution >= 0.6 is 0 Å². The molecule has 0 spiro atoms. The third-order valence-electron chi connectivity index (χ3n) is 1.90. The van der Waals surface area contributed by atoms with Crippen LogP contribution in [0, 0.1) is 6.92 Å². The number of carbonyl (C=O) groups is 2. The maximum absolute atomic E-state index is 11.6. The summed E-state index contributed by atoms with van der Waals surface area (Å²) in [6.07, 6.45) is -0.161. The van der Waals surface area contributed by atoms with Crippen molar-refractivity contribution in [2.75, 3.05) is 0 Å². The largest absolute Gasteiger partial charge is 0.481 e. The van der Waals surface area contributed by atoms with E-state index in [1.807, 2.05) is 0 Å². The second kappa shape index (κ2) is 4.34. The van der Waals surface area contributed by atoms with E-state index in [2.05, 4.69) is 10.5 Å². The van der Waals surface area contributed by atoms with Gasteiger partial charge in [0.15, 0.2) is 0 Å². The van der Waals surface area contributed by atoms with Gasteiger partial charge >= 0.3 is 5.97 Å². The number of nitrogens with one attached hydrogen (secondary N) is 1. The molecule has 0 aliphatic heterocycles. The van der Waals surface area contributed by atoms with Gasteiger partial charge in [-0.15, -0.1) is 0 Å². The summed E-state index contributed by atoms with van der Waals surface area (Å²) >= 11 is 0. The number of aryl methyl sites for hydroxylation is 1. The minimum Gasteiger partial charge on any atom is -0.481 e. The van der Waals surface area contributed by atoms with E-state index >= 15 is 0 Å². The van der Waals surface area contributed by atoms with Crippen LogP contribution in [0.4, 0.5) is 0 Å². The summed E-state index contributed by atoms with van der Waals surface area (Å²) < 4.78 is 4.77. The summed E-state index contributed by atoms with van der Waals surface area (Å²) in [5.74, 6) is -1.36. The van der Waals surface area contributed by atoms with Gasteiger partial charge < -0.3 is 14.9 Å². The molecule has 0 radical (unpaired) electrons. The molecule has 0 atom stereocenters. The van der Waals surface area contributed by atoms with Gasteiger partial charge in [-0.3, -0.25) is 9.59 Å². The first-order valence-electron chi connectivity index (χ1n) is 4.78. The van der Waals surface area contributed by atoms with Crippen LogP contribution in [-0.2, 0) is 4.79 Å². The fourth-order valence-electron chi connectivity index (χ4n) is 1.26. The van der Waals surface area contributed by atoms with Crippen molar-refractivity contribution < 1.29 is 19.2 Å². The predicted molar refractivity (Wildman–Crippen MR) is 55.0 cm³/mol. The molecule has 1 amide bonds. The molecule has 6 heteroatoms. The molecule has 2 N–H and O–H groups in total. The van der Waals surface area contributed by atoms with E-state index in [0.717, 1.165) is 0 Å². The van der Waals surface area contributed by atoms with Crippen LogP contribution in [0.3, 0.4) is 0 Å². The van der Waals surface area contributed by atoms with Crippen LogP contribution < -0.4 is 5.32 Å². The summed E-state index contributed by atoms with van der Waals surface area (Å²) in [4.78, 5) is 22.2. The number of aliphatic carboxylic acids is 1. The number of rotatable bonds is 4. The fraction of sp³-hybridized carbons (Fsp3) is 0.500. The van der Waals surface area contributed by atoms with E-state index in [1.54, 1.807) is 20.8 Å². The van der Waals surface area contributed by atoms with Gasteiger partial charge in [-0.2, -0.15) is 0 Å². The molecule has 88 valence electrons. The van der Waals surface area contributed by atoms with Gasteiger partial charge in [-0.1, -0.05) is 5.16 Å². The lowest BCUT2D eigenvalue weighted by Crippen LogP contribution is -2.44. The highest BCUT2D eigenvalue weighted by atomic mass is 16.5. The molecule has 0 saturated carbocycles. The number of nitrogens with zero attached hydrogens (tertiary/aromatic N) is 1. The lowest BCUT2D eigenvalue weighted by molar-refractivity contribution is -0.138. The Morgan fingerprint density at radius 3 is 2.62 bits per heavy atom. The summed E-state index contributed by atoms with van der Waals surface area (Å²) in [6.45, 7) is 4.95. The monoisotopic (exact) mass is 226 g/mol. The zero-order valence-corrected chi connectivity index (χ0v) is 9.40. The van der Waals surface area contributed by atoms with E-state index < -0.39 is 17.4 Å². The third-order valence-corrected chi connectivity index (χ3v) is 1.90. The molecule has 0 aliphatic rings. The van der Waals surface area contributed by atoms with Crippen molar-refractivity contribution in [2.24, 2.45) is 0 Å². The number of hydrogen-bond acceptors (Lipinski definition) is 4. The van der Waals surface area contributed by atoms with Crippen LogP contribution in [0.5, 0.6) is 0 Å². The van der Waals surface area contributed by atoms with Crippen LogP contribution in [0.1, 0.15) is 36.5 Å². The number of amides is 1. The Morgan fingerprint density at radius 1 is 1.56 bits per heavy atom. The summed E-state index contributed by atoms with van der Waals surface area (Å²) in [6, 6.07) is 1.49. The van der Waals surface area contributed by atoms with Gasteiger partial charge in [-0.25, -0.2) is 0 Å². The average Bonchev–Trinajstić information content (AvgIpc) is 2.47. The topological polar surface area (TPSA) is 92.4 Å². The van der Waals surface area contributed by atoms with Crippen molar-refractivity contribution >= 4 is 11.9 Å². The first-order chi connectivity index (χ1) is 7.30. The van der Waals surface area contributed by atoms with Crippen molar-refractivity contribution in [3.05, 3.63) is 17.5 Å². The standard InChI is InChI=1S/C10H14N2O4/c1-6-4-7(16-12-6)9(15)11-10(2,3)5-8(13)14/h4H,5H2,1-3H3,(H,11,15)(H,13,14). The molecule has 1 aromatic rings. The highest BCUT2D eigenvalue weighted by Crippen LogP contribution is 2.10. The van der Waals surface area contributed by atoms with E-state index in [-0.39, 0.29) is 12.2 Å². The van der Waals surface area contributed by atoms with Crippen molar-refractivity contribution in [1.82, 2.24) is 10.5 Å². The average molecular weight is 226 g/mol. The first kappa shape index (κ1) is 12.2. The van der Waals surface area contributed by atoms with Crippen molar-refractivity contribution in [3.63, 3.8) is 0 Å². The first-order valence-corrected chi connectivity index (χ1v) is 4.78. The second-order valence-electron chi connectivity index (χ2n) is 4.24. The molecular formula is C10H14N2O4. The number of carboxylic acid groups (broad SMARTS) is 1. The van der Waals surface area contributed by atoms with Gasteiger partial charge in [-0.05, 0) is 20.8 Å². The van der Waals surface area contributed by atoms with Crippen LogP contribution in [0.15, 0.2) is 10.6 Å². The number of carboxylic acids is 1. The maximum atomic E-state index is 11.6. The molecule has 0 aromatic carbocycles. The minimum absolute atomic E-state index is 0.0796. The zero-order valence-electron chi connectivity index (χ0n) is 9.40. The Bertz CT molecular complexity index is 409. The Morgan fingerprint density at radius 2 is 2.19 bits per heavy atom. The number of hydrogen-bond donors (Lipinski definition) is 2. The van der Waals surface area contributed by atoms with E-state index in [4.69, 9.17) is 9.63 Å². The van der Waals surface area contributed by atoms with Crippen LogP contribution in [0.2, 0.25) is 0 Å². The summed E-state index contributed by atoms with van der Waals surface area (Å²) in [5.41, 5.74) is -0.231. The molecule has 1 heterocycles. The van der Waals surface area contributed by atoms with E-state index in [0.29, 0.717) is 5.69 Å². The quantitative estimate of drug-likeness (QED) is 0.797. The number of carbonyl (C=O) groups excluding carboxylic acids is 1. The second-order valence-corrected chi connectivity index (χ2v) is 4.24. The highest BCUT2D eigenvalue weighted by Gasteiger charge is 2.25. The molecular weight excluding hydrogens is 212 g/mol. The molecule has 0 unspecified atom stereocenters. The molecule has 0 fully saturated rings. The van der Waals surface area contributed by atoms with Crippen LogP contribution in [-0.4, -0.2) is 27.7 Å². The van der Waals surface area contributed by atoms with Gasteiger partial charge in [0.1, 0.15) is 0 Å². The Kier molecular flexibility index (Phi) is 3.31.